The first kappa shape index (κ1) is 11.9. The van der Waals surface area contributed by atoms with Crippen LogP contribution in [0, 0.1) is 0 Å². The number of rotatable bonds is 1. The molecule has 0 bridgehead atoms. The molecule has 0 radical (unpaired) electrons. The van der Waals surface area contributed by atoms with Crippen LogP contribution in [0.5, 0.6) is 0 Å². The summed E-state index contributed by atoms with van der Waals surface area (Å²) in [5.41, 5.74) is -2.42. The van der Waals surface area contributed by atoms with Crippen LogP contribution in [-0.4, -0.2) is 31.1 Å². The lowest BCUT2D eigenvalue weighted by atomic mass is 10.2. The predicted molar refractivity (Wildman–Crippen MR) is 34.0 cm³/mol. The van der Waals surface area contributed by atoms with Crippen LogP contribution in [0.3, 0.4) is 0 Å². The highest BCUT2D eigenvalue weighted by Gasteiger charge is 2.43. The molecule has 0 aromatic rings. The Morgan fingerprint density at radius 2 is 1.54 bits per heavy atom. The summed E-state index contributed by atoms with van der Waals surface area (Å²) < 4.78 is 58.8. The van der Waals surface area contributed by atoms with Crippen LogP contribution in [0.2, 0.25) is 0 Å². The Hall–Kier alpha value is -1.14. The van der Waals surface area contributed by atoms with Crippen molar-refractivity contribution >= 4 is 5.91 Å². The van der Waals surface area contributed by atoms with Crippen molar-refractivity contribution in [3.05, 3.63) is 11.7 Å². The van der Waals surface area contributed by atoms with Gasteiger partial charge < -0.3 is 4.90 Å². The van der Waals surface area contributed by atoms with E-state index in [4.69, 9.17) is 0 Å². The molecule has 1 amide bonds. The number of hydrogen-bond acceptors (Lipinski definition) is 1. The van der Waals surface area contributed by atoms with Gasteiger partial charge in [0.25, 0.3) is 12.0 Å². The molecule has 76 valence electrons. The van der Waals surface area contributed by atoms with Crippen molar-refractivity contribution < 1.29 is 26.7 Å². The number of nitrogens with zero attached hydrogens (tertiary/aromatic N) is 1. The van der Waals surface area contributed by atoms with Gasteiger partial charge in [-0.2, -0.15) is 22.0 Å². The number of amides is 1. The lowest BCUT2D eigenvalue weighted by Crippen LogP contribution is -2.31. The second kappa shape index (κ2) is 3.71. The summed E-state index contributed by atoms with van der Waals surface area (Å²) in [7, 11) is 1.91. The van der Waals surface area contributed by atoms with Gasteiger partial charge in [-0.25, -0.2) is 0 Å². The maximum atomic E-state index is 11.8. The molecular formula is C6H6F5NO. The van der Waals surface area contributed by atoms with Crippen molar-refractivity contribution in [1.29, 1.82) is 0 Å². The Morgan fingerprint density at radius 3 is 1.62 bits per heavy atom. The summed E-state index contributed by atoms with van der Waals surface area (Å²) in [6.45, 7) is 0. The molecule has 13 heavy (non-hydrogen) atoms. The summed E-state index contributed by atoms with van der Waals surface area (Å²) in [5, 5.41) is 0. The molecule has 0 spiro atoms. The minimum Gasteiger partial charge on any atom is -0.345 e. The van der Waals surface area contributed by atoms with E-state index in [0.717, 1.165) is 14.1 Å². The first-order chi connectivity index (χ1) is 5.68. The van der Waals surface area contributed by atoms with Crippen LogP contribution in [-0.2, 0) is 4.79 Å². The van der Waals surface area contributed by atoms with Crippen LogP contribution in [0.1, 0.15) is 0 Å². The molecule has 0 saturated heterocycles. The number of hydrogen-bond donors (Lipinski definition) is 0. The highest BCUT2D eigenvalue weighted by molar-refractivity contribution is 5.94. The Kier molecular flexibility index (Phi) is 3.39. The molecule has 2 nitrogen and oxygen atoms in total. The van der Waals surface area contributed by atoms with Crippen LogP contribution in [0.25, 0.3) is 0 Å². The first-order valence-corrected chi connectivity index (χ1v) is 3.02. The molecule has 0 heterocycles. The number of alkyl halides is 3. The van der Waals surface area contributed by atoms with Crippen molar-refractivity contribution in [3.63, 3.8) is 0 Å². The van der Waals surface area contributed by atoms with Gasteiger partial charge in [0.05, 0.1) is 0 Å². The molecule has 0 aromatic heterocycles. The third-order valence-electron chi connectivity index (χ3n) is 1.09. The van der Waals surface area contributed by atoms with E-state index in [9.17, 15) is 26.7 Å². The zero-order valence-electron chi connectivity index (χ0n) is 6.75. The molecule has 0 aromatic carbocycles. The fourth-order valence-electron chi connectivity index (χ4n) is 0.533. The second-order valence-electron chi connectivity index (χ2n) is 2.33. The zero-order valence-corrected chi connectivity index (χ0v) is 6.75. The maximum absolute atomic E-state index is 11.8. The highest BCUT2D eigenvalue weighted by atomic mass is 19.4. The number of likely N-dealkylation sites (N-methyl/N-ethyl adjacent to an activating group) is 1. The van der Waals surface area contributed by atoms with E-state index < -0.39 is 23.7 Å². The topological polar surface area (TPSA) is 20.3 Å². The molecule has 0 atom stereocenters. The normalized spacial score (nSPS) is 11.0. The molecule has 0 N–H and O–H groups in total. The monoisotopic (exact) mass is 203 g/mol. The van der Waals surface area contributed by atoms with Crippen molar-refractivity contribution in [1.82, 2.24) is 4.90 Å². The minimum absolute atomic E-state index is 0.433. The molecule has 0 saturated carbocycles. The van der Waals surface area contributed by atoms with E-state index in [-0.39, 0.29) is 0 Å². The largest absolute Gasteiger partial charge is 0.426 e. The Bertz CT molecular complexity index is 238. The summed E-state index contributed by atoms with van der Waals surface area (Å²) >= 11 is 0. The second-order valence-corrected chi connectivity index (χ2v) is 2.33. The standard InChI is InChI=1S/C6H6F5NO/c1-12(2)5(13)3(4(7)8)6(9,10)11/h1-2H3. The van der Waals surface area contributed by atoms with Gasteiger partial charge in [0.1, 0.15) is 0 Å². The van der Waals surface area contributed by atoms with Gasteiger partial charge in [-0.3, -0.25) is 4.79 Å². The van der Waals surface area contributed by atoms with Crippen LogP contribution in [0.4, 0.5) is 22.0 Å². The fraction of sp³-hybridized carbons (Fsp3) is 0.500. The Balaban J connectivity index is 5.11. The lowest BCUT2D eigenvalue weighted by Gasteiger charge is -2.14. The zero-order chi connectivity index (χ0) is 10.8. The van der Waals surface area contributed by atoms with E-state index >= 15 is 0 Å². The van der Waals surface area contributed by atoms with E-state index in [1.54, 1.807) is 0 Å². The van der Waals surface area contributed by atoms with E-state index in [0.29, 0.717) is 4.90 Å². The quantitative estimate of drug-likeness (QED) is 0.470. The summed E-state index contributed by atoms with van der Waals surface area (Å²) in [5.74, 6) is -1.76. The van der Waals surface area contributed by atoms with Gasteiger partial charge in [0, 0.05) is 14.1 Å². The summed E-state index contributed by atoms with van der Waals surface area (Å²) in [4.78, 5) is 11.0. The van der Waals surface area contributed by atoms with E-state index in [2.05, 4.69) is 0 Å². The molecular weight excluding hydrogens is 197 g/mol. The Morgan fingerprint density at radius 1 is 1.15 bits per heavy atom. The molecule has 7 heteroatoms. The van der Waals surface area contributed by atoms with Crippen molar-refractivity contribution in [2.45, 2.75) is 6.18 Å². The van der Waals surface area contributed by atoms with Crippen molar-refractivity contribution in [3.8, 4) is 0 Å². The molecule has 0 fully saturated rings. The minimum atomic E-state index is -5.32. The van der Waals surface area contributed by atoms with Gasteiger partial charge in [0.2, 0.25) is 0 Å². The summed E-state index contributed by atoms with van der Waals surface area (Å²) in [6, 6.07) is 0. The number of halogens is 5. The maximum Gasteiger partial charge on any atom is 0.426 e. The predicted octanol–water partition coefficient (Wildman–Crippen LogP) is 1.79. The third kappa shape index (κ3) is 3.00. The van der Waals surface area contributed by atoms with Crippen molar-refractivity contribution in [2.75, 3.05) is 14.1 Å². The van der Waals surface area contributed by atoms with Gasteiger partial charge >= 0.3 is 6.18 Å². The van der Waals surface area contributed by atoms with Crippen LogP contribution < -0.4 is 0 Å². The first-order valence-electron chi connectivity index (χ1n) is 3.02. The van der Waals surface area contributed by atoms with Crippen molar-refractivity contribution in [2.24, 2.45) is 0 Å². The smallest absolute Gasteiger partial charge is 0.345 e. The molecule has 0 rings (SSSR count). The number of carbonyl (C=O) groups excluding carboxylic acids is 1. The molecule has 0 aliphatic carbocycles. The lowest BCUT2D eigenvalue weighted by molar-refractivity contribution is -0.138. The SMILES string of the molecule is CN(C)C(=O)C(=C(F)F)C(F)(F)F. The van der Waals surface area contributed by atoms with Gasteiger partial charge in [-0.1, -0.05) is 0 Å². The molecule has 0 aliphatic rings. The highest BCUT2D eigenvalue weighted by Crippen LogP contribution is 2.30. The van der Waals surface area contributed by atoms with E-state index in [1.165, 1.54) is 0 Å². The van der Waals surface area contributed by atoms with E-state index in [1.807, 2.05) is 0 Å². The van der Waals surface area contributed by atoms with Gasteiger partial charge in [0.15, 0.2) is 5.57 Å². The average molecular weight is 203 g/mol. The third-order valence-corrected chi connectivity index (χ3v) is 1.09. The van der Waals surface area contributed by atoms with Gasteiger partial charge in [-0.05, 0) is 0 Å². The number of carbonyl (C=O) groups is 1. The average Bonchev–Trinajstić information content (AvgIpc) is 1.82. The Labute approximate surface area is 70.6 Å². The fourth-order valence-corrected chi connectivity index (χ4v) is 0.533. The van der Waals surface area contributed by atoms with Gasteiger partial charge in [-0.15, -0.1) is 0 Å². The van der Waals surface area contributed by atoms with Crippen LogP contribution in [0.15, 0.2) is 11.7 Å². The summed E-state index contributed by atoms with van der Waals surface area (Å²) in [6.07, 6.45) is -8.34. The van der Waals surface area contributed by atoms with Crippen LogP contribution >= 0.6 is 0 Å². The molecule has 0 unspecified atom stereocenters. The molecule has 0 aliphatic heterocycles.